The van der Waals surface area contributed by atoms with E-state index in [1.54, 1.807) is 0 Å². The molecule has 0 radical (unpaired) electrons. The SMILES string of the molecule is CS(=O)(=O)c1c(F)ccc(C2CNCCO2)c1F. The molecule has 7 heteroatoms. The number of rotatable bonds is 2. The summed E-state index contributed by atoms with van der Waals surface area (Å²) in [6.07, 6.45) is 0.179. The Bertz CT molecular complexity index is 554. The standard InChI is InChI=1S/C11H13F2NO3S/c1-18(15,16)11-8(12)3-2-7(10(11)13)9-6-14-4-5-17-9/h2-3,9,14H,4-6H2,1H3. The molecule has 4 nitrogen and oxygen atoms in total. The van der Waals surface area contributed by atoms with Crippen molar-refractivity contribution in [3.8, 4) is 0 Å². The molecule has 0 bridgehead atoms. The van der Waals surface area contributed by atoms with E-state index in [0.717, 1.165) is 12.3 Å². The van der Waals surface area contributed by atoms with Crippen LogP contribution < -0.4 is 5.32 Å². The number of halogens is 2. The number of hydrogen-bond donors (Lipinski definition) is 1. The zero-order valence-electron chi connectivity index (χ0n) is 9.74. The summed E-state index contributed by atoms with van der Waals surface area (Å²) in [5.41, 5.74) is 0.0593. The minimum Gasteiger partial charge on any atom is -0.371 e. The Morgan fingerprint density at radius 1 is 1.39 bits per heavy atom. The van der Waals surface area contributed by atoms with Gasteiger partial charge in [0.15, 0.2) is 15.7 Å². The fourth-order valence-electron chi connectivity index (χ4n) is 1.90. The average molecular weight is 277 g/mol. The van der Waals surface area contributed by atoms with Crippen LogP contribution in [-0.2, 0) is 14.6 Å². The lowest BCUT2D eigenvalue weighted by molar-refractivity contribution is 0.0251. The molecule has 1 aliphatic rings. The van der Waals surface area contributed by atoms with Crippen molar-refractivity contribution in [2.75, 3.05) is 26.0 Å². The molecule has 0 amide bonds. The van der Waals surface area contributed by atoms with E-state index in [1.807, 2.05) is 0 Å². The molecule has 2 rings (SSSR count). The van der Waals surface area contributed by atoms with E-state index in [4.69, 9.17) is 4.74 Å². The van der Waals surface area contributed by atoms with Gasteiger partial charge in [-0.3, -0.25) is 0 Å². The van der Waals surface area contributed by atoms with Crippen molar-refractivity contribution in [3.05, 3.63) is 29.3 Å². The van der Waals surface area contributed by atoms with Crippen LogP contribution in [0.25, 0.3) is 0 Å². The third-order valence-corrected chi connectivity index (χ3v) is 3.84. The van der Waals surface area contributed by atoms with E-state index >= 15 is 0 Å². The third-order valence-electron chi connectivity index (χ3n) is 2.72. The van der Waals surface area contributed by atoms with Crippen LogP contribution in [0.5, 0.6) is 0 Å². The Kier molecular flexibility index (Phi) is 3.65. The van der Waals surface area contributed by atoms with Gasteiger partial charge in [-0.25, -0.2) is 17.2 Å². The molecule has 1 unspecified atom stereocenters. The molecule has 1 aliphatic heterocycles. The van der Waals surface area contributed by atoms with Crippen LogP contribution in [0.15, 0.2) is 17.0 Å². The zero-order valence-corrected chi connectivity index (χ0v) is 10.6. The second-order valence-corrected chi connectivity index (χ2v) is 6.07. The zero-order chi connectivity index (χ0) is 13.3. The molecule has 0 aromatic heterocycles. The minimum absolute atomic E-state index is 0.0593. The molecule has 1 heterocycles. The molecule has 1 aromatic rings. The molecule has 1 fully saturated rings. The molecule has 0 aliphatic carbocycles. The van der Waals surface area contributed by atoms with Crippen molar-refractivity contribution < 1.29 is 21.9 Å². The van der Waals surface area contributed by atoms with Crippen LogP contribution in [0.4, 0.5) is 8.78 Å². The van der Waals surface area contributed by atoms with Crippen LogP contribution in [0.2, 0.25) is 0 Å². The summed E-state index contributed by atoms with van der Waals surface area (Å²) in [5.74, 6) is -2.14. The summed E-state index contributed by atoms with van der Waals surface area (Å²) in [5, 5.41) is 3.00. The maximum Gasteiger partial charge on any atom is 0.181 e. The average Bonchev–Trinajstić information content (AvgIpc) is 2.28. The van der Waals surface area contributed by atoms with Crippen molar-refractivity contribution in [1.82, 2.24) is 5.32 Å². The number of hydrogen-bond acceptors (Lipinski definition) is 4. The molecule has 0 saturated carbocycles. The maximum atomic E-state index is 14.1. The highest BCUT2D eigenvalue weighted by Gasteiger charge is 2.27. The molecule has 1 saturated heterocycles. The first kappa shape index (κ1) is 13.4. The molecular formula is C11H13F2NO3S. The fraction of sp³-hybridized carbons (Fsp3) is 0.455. The van der Waals surface area contributed by atoms with E-state index in [9.17, 15) is 17.2 Å². The first-order valence-corrected chi connectivity index (χ1v) is 7.30. The van der Waals surface area contributed by atoms with Gasteiger partial charge in [-0.05, 0) is 6.07 Å². The normalized spacial score (nSPS) is 20.9. The van der Waals surface area contributed by atoms with E-state index in [2.05, 4.69) is 5.32 Å². The second-order valence-electron chi connectivity index (χ2n) is 4.12. The van der Waals surface area contributed by atoms with Gasteiger partial charge in [-0.2, -0.15) is 0 Å². The summed E-state index contributed by atoms with van der Waals surface area (Å²) >= 11 is 0. The highest BCUT2D eigenvalue weighted by Crippen LogP contribution is 2.28. The van der Waals surface area contributed by atoms with Gasteiger partial charge in [0.25, 0.3) is 0 Å². The van der Waals surface area contributed by atoms with E-state index in [0.29, 0.717) is 19.7 Å². The van der Waals surface area contributed by atoms with Gasteiger partial charge >= 0.3 is 0 Å². The first-order chi connectivity index (χ1) is 8.41. The summed E-state index contributed by atoms with van der Waals surface area (Å²) in [7, 11) is -3.95. The lowest BCUT2D eigenvalue weighted by Gasteiger charge is -2.24. The van der Waals surface area contributed by atoms with Gasteiger partial charge in [-0.15, -0.1) is 0 Å². The minimum atomic E-state index is -3.95. The Labute approximate surface area is 104 Å². The van der Waals surface area contributed by atoms with Crippen molar-refractivity contribution in [1.29, 1.82) is 0 Å². The highest BCUT2D eigenvalue weighted by molar-refractivity contribution is 7.90. The van der Waals surface area contributed by atoms with E-state index < -0.39 is 32.5 Å². The van der Waals surface area contributed by atoms with Gasteiger partial charge in [0.05, 0.1) is 12.7 Å². The predicted octanol–water partition coefficient (Wildman–Crippen LogP) is 1.03. The van der Waals surface area contributed by atoms with Gasteiger partial charge in [0.2, 0.25) is 0 Å². The summed E-state index contributed by atoms with van der Waals surface area (Å²) in [4.78, 5) is -0.894. The van der Waals surface area contributed by atoms with Crippen molar-refractivity contribution in [3.63, 3.8) is 0 Å². The third kappa shape index (κ3) is 2.52. The number of benzene rings is 1. The number of morpholine rings is 1. The van der Waals surface area contributed by atoms with Gasteiger partial charge < -0.3 is 10.1 Å². The van der Waals surface area contributed by atoms with Crippen LogP contribution >= 0.6 is 0 Å². The van der Waals surface area contributed by atoms with E-state index in [-0.39, 0.29) is 5.56 Å². The summed E-state index contributed by atoms with van der Waals surface area (Å²) in [6, 6.07) is 2.17. The van der Waals surface area contributed by atoms with Crippen molar-refractivity contribution >= 4 is 9.84 Å². The van der Waals surface area contributed by atoms with Gasteiger partial charge in [-0.1, -0.05) is 6.07 Å². The lowest BCUT2D eigenvalue weighted by Crippen LogP contribution is -2.34. The number of nitrogens with one attached hydrogen (secondary N) is 1. The predicted molar refractivity (Wildman–Crippen MR) is 61.0 cm³/mol. The first-order valence-electron chi connectivity index (χ1n) is 5.41. The summed E-state index contributed by atoms with van der Waals surface area (Å²) in [6.45, 7) is 1.42. The Balaban J connectivity index is 2.50. The Morgan fingerprint density at radius 3 is 2.67 bits per heavy atom. The topological polar surface area (TPSA) is 55.4 Å². The van der Waals surface area contributed by atoms with Crippen molar-refractivity contribution in [2.45, 2.75) is 11.0 Å². The summed E-state index contributed by atoms with van der Waals surface area (Å²) < 4.78 is 55.6. The lowest BCUT2D eigenvalue weighted by atomic mass is 10.1. The Hall–Kier alpha value is -1.05. The Morgan fingerprint density at radius 2 is 2.11 bits per heavy atom. The van der Waals surface area contributed by atoms with Crippen LogP contribution in [0, 0.1) is 11.6 Å². The molecule has 18 heavy (non-hydrogen) atoms. The largest absolute Gasteiger partial charge is 0.371 e. The molecule has 0 spiro atoms. The molecule has 1 aromatic carbocycles. The van der Waals surface area contributed by atoms with Crippen molar-refractivity contribution in [2.24, 2.45) is 0 Å². The number of sulfone groups is 1. The molecule has 1 atom stereocenters. The monoisotopic (exact) mass is 277 g/mol. The van der Waals surface area contributed by atoms with Gasteiger partial charge in [0.1, 0.15) is 10.7 Å². The maximum absolute atomic E-state index is 14.1. The highest BCUT2D eigenvalue weighted by atomic mass is 32.2. The fourth-order valence-corrected chi connectivity index (χ4v) is 2.77. The molecule has 1 N–H and O–H groups in total. The van der Waals surface area contributed by atoms with Crippen LogP contribution in [0.3, 0.4) is 0 Å². The van der Waals surface area contributed by atoms with Crippen LogP contribution in [-0.4, -0.2) is 34.4 Å². The van der Waals surface area contributed by atoms with Gasteiger partial charge in [0, 0.05) is 24.9 Å². The molecular weight excluding hydrogens is 264 g/mol. The van der Waals surface area contributed by atoms with E-state index in [1.165, 1.54) is 6.07 Å². The van der Waals surface area contributed by atoms with Crippen LogP contribution in [0.1, 0.15) is 11.7 Å². The molecule has 100 valence electrons. The second kappa shape index (κ2) is 4.91. The number of ether oxygens (including phenoxy) is 1. The quantitative estimate of drug-likeness (QED) is 0.877. The smallest absolute Gasteiger partial charge is 0.181 e.